The Labute approximate surface area is 365 Å². The number of hydrogen-bond donors (Lipinski definition) is 0. The van der Waals surface area contributed by atoms with E-state index in [2.05, 4.69) is 86.9 Å². The Morgan fingerprint density at radius 2 is 1.08 bits per heavy atom. The van der Waals surface area contributed by atoms with Crippen LogP contribution in [0.25, 0.3) is 0 Å². The molecule has 6 aliphatic rings. The fraction of sp³-hybridized carbons (Fsp3) is 0.538. The molecule has 0 amide bonds. The molecule has 2 aromatic heterocycles. The Bertz CT molecular complexity index is 2400. The third kappa shape index (κ3) is 6.82. The predicted molar refractivity (Wildman–Crippen MR) is 232 cm³/mol. The zero-order chi connectivity index (χ0) is 42.3. The molecule has 3 aromatic carbocycles. The van der Waals surface area contributed by atoms with Crippen LogP contribution < -0.4 is 18.8 Å². The smallest absolute Gasteiger partial charge is 0.204 e. The summed E-state index contributed by atoms with van der Waals surface area (Å²) in [6.45, 7) is 6.71. The molecule has 322 valence electrons. The number of benzene rings is 3. The molecule has 4 saturated carbocycles. The van der Waals surface area contributed by atoms with Crippen molar-refractivity contribution in [2.24, 2.45) is 48.6 Å². The second kappa shape index (κ2) is 15.3. The lowest BCUT2D eigenvalue weighted by Crippen LogP contribution is -2.42. The summed E-state index contributed by atoms with van der Waals surface area (Å²) in [5.74, 6) is 6.35. The van der Waals surface area contributed by atoms with E-state index in [-0.39, 0.29) is 10.8 Å². The van der Waals surface area contributed by atoms with Crippen LogP contribution >= 0.6 is 0 Å². The molecule has 11 rings (SSSR count). The van der Waals surface area contributed by atoms with E-state index in [4.69, 9.17) is 19.9 Å². The molecule has 0 unspecified atom stereocenters. The number of ketones is 2. The van der Waals surface area contributed by atoms with E-state index in [9.17, 15) is 9.59 Å². The number of ether oxygens (including phenoxy) is 2. The van der Waals surface area contributed by atoms with Gasteiger partial charge in [-0.2, -0.15) is 0 Å². The highest BCUT2D eigenvalue weighted by Crippen LogP contribution is 2.61. The van der Waals surface area contributed by atoms with E-state index in [0.29, 0.717) is 73.4 Å². The fourth-order valence-electron chi connectivity index (χ4n) is 13.8. The van der Waals surface area contributed by atoms with Crippen molar-refractivity contribution >= 4 is 11.6 Å². The Balaban J connectivity index is 0.689. The largest absolute Gasteiger partial charge is 0.485 e. The first kappa shape index (κ1) is 39.7. The number of aryl methyl sites for hydroxylation is 4. The summed E-state index contributed by atoms with van der Waals surface area (Å²) in [7, 11) is 3.96. The molecule has 0 N–H and O–H groups in total. The standard InChI is InChI=1S/C52H62N6O4/c1-51-22-20-43-41-14-10-39(25-35(41)8-12-45(43)47(51)16-18-49(51)59)61-31-37-29-57(53-55(37)3)27-33-6-5-7-34(24-33)28-58-30-38(56(4)54-58)32-62-40-11-15-42-36(26-40)9-13-46-44(42)21-23-52(2)48(46)17-19-50(52)60/h5-7,10-11,14-15,24-26,29-30,43-48H,8-9,12-13,16-23,27-28,31-32H2,1-4H3/q+2/t43-,44-,45-,46-,47+,48+,51+,52+/m1/s1. The summed E-state index contributed by atoms with van der Waals surface area (Å²) >= 11 is 0. The molecule has 0 spiro atoms. The molecule has 0 bridgehead atoms. The van der Waals surface area contributed by atoms with Gasteiger partial charge in [0.1, 0.15) is 50.3 Å². The lowest BCUT2D eigenvalue weighted by molar-refractivity contribution is -0.748. The SMILES string of the molecule is Cn1n[n+](Cc2cccc(C[n+]3cc(COc4ccc5c(c4)CC[C@@H]4[C@@H]5CC[C@]5(C)C(=O)CC[C@@H]45)n(C)n3)c2)cc1COc1ccc2c(c1)CC[C@@H]1[C@@H]2CC[C@]2(C)C(=O)CC[C@@H]12. The Kier molecular flexibility index (Phi) is 9.80. The second-order valence-corrected chi connectivity index (χ2v) is 20.4. The summed E-state index contributed by atoms with van der Waals surface area (Å²) < 4.78 is 20.6. The van der Waals surface area contributed by atoms with Gasteiger partial charge in [-0.05, 0) is 163 Å². The number of hydrogen-bond acceptors (Lipinski definition) is 6. The Morgan fingerprint density at radius 3 is 1.55 bits per heavy atom. The maximum atomic E-state index is 12.8. The van der Waals surface area contributed by atoms with Crippen LogP contribution in [0.1, 0.15) is 135 Å². The van der Waals surface area contributed by atoms with Crippen LogP contribution in [0, 0.1) is 34.5 Å². The van der Waals surface area contributed by atoms with Crippen molar-refractivity contribution in [3.63, 3.8) is 0 Å². The normalized spacial score (nSPS) is 29.6. The van der Waals surface area contributed by atoms with Gasteiger partial charge in [-0.25, -0.2) is 0 Å². The van der Waals surface area contributed by atoms with Crippen LogP contribution in [-0.4, -0.2) is 31.4 Å². The van der Waals surface area contributed by atoms with Crippen molar-refractivity contribution in [3.8, 4) is 11.5 Å². The average molecular weight is 835 g/mol. The molecule has 0 saturated heterocycles. The summed E-state index contributed by atoms with van der Waals surface area (Å²) in [6, 6.07) is 22.1. The molecule has 0 radical (unpaired) electrons. The fourth-order valence-corrected chi connectivity index (χ4v) is 13.8. The van der Waals surface area contributed by atoms with Gasteiger partial charge in [0.2, 0.25) is 11.4 Å². The van der Waals surface area contributed by atoms with Gasteiger partial charge >= 0.3 is 0 Å². The molecule has 2 heterocycles. The number of carbonyl (C=O) groups excluding carboxylic acids is 2. The first-order valence-corrected chi connectivity index (χ1v) is 23.5. The number of rotatable bonds is 10. The number of Topliss-reactive ketones (excluding diaryl/α,β-unsaturated/α-hetero) is 2. The van der Waals surface area contributed by atoms with Crippen LogP contribution in [0.15, 0.2) is 73.1 Å². The highest BCUT2D eigenvalue weighted by atomic mass is 16.5. The zero-order valence-corrected chi connectivity index (χ0v) is 37.0. The molecule has 10 nitrogen and oxygen atoms in total. The predicted octanol–water partition coefficient (Wildman–Crippen LogP) is 7.83. The van der Waals surface area contributed by atoms with Crippen molar-refractivity contribution in [2.75, 3.05) is 0 Å². The van der Waals surface area contributed by atoms with E-state index in [1.54, 1.807) is 0 Å². The number of carbonyl (C=O) groups is 2. The van der Waals surface area contributed by atoms with Crippen LogP contribution in [-0.2, 0) is 62.8 Å². The summed E-state index contributed by atoms with van der Waals surface area (Å²) in [4.78, 5) is 25.5. The summed E-state index contributed by atoms with van der Waals surface area (Å²) in [6.07, 6.45) is 16.7. The molecule has 4 fully saturated rings. The second-order valence-electron chi connectivity index (χ2n) is 20.4. The van der Waals surface area contributed by atoms with Crippen LogP contribution in [0.5, 0.6) is 11.5 Å². The van der Waals surface area contributed by atoms with E-state index >= 15 is 0 Å². The van der Waals surface area contributed by atoms with Crippen LogP contribution in [0.2, 0.25) is 0 Å². The van der Waals surface area contributed by atoms with Crippen LogP contribution in [0.3, 0.4) is 0 Å². The highest BCUT2D eigenvalue weighted by molar-refractivity contribution is 5.87. The van der Waals surface area contributed by atoms with Gasteiger partial charge in [0.05, 0.1) is 10.4 Å². The van der Waals surface area contributed by atoms with Gasteiger partial charge in [-0.15, -0.1) is 18.7 Å². The van der Waals surface area contributed by atoms with Gasteiger partial charge in [0.15, 0.2) is 25.6 Å². The number of aromatic nitrogens is 6. The van der Waals surface area contributed by atoms with Gasteiger partial charge in [-0.1, -0.05) is 44.2 Å². The molecule has 8 atom stereocenters. The molecule has 62 heavy (non-hydrogen) atoms. The molecule has 6 aliphatic carbocycles. The molecule has 5 aromatic rings. The number of fused-ring (bicyclic) bond motifs is 10. The van der Waals surface area contributed by atoms with Gasteiger partial charge in [0, 0.05) is 23.7 Å². The van der Waals surface area contributed by atoms with Crippen LogP contribution in [0.4, 0.5) is 0 Å². The Hall–Kier alpha value is -5.12. The molecular weight excluding hydrogens is 773 g/mol. The quantitative estimate of drug-likeness (QED) is 0.133. The lowest BCUT2D eigenvalue weighted by atomic mass is 9.55. The van der Waals surface area contributed by atoms with E-state index in [1.165, 1.54) is 46.2 Å². The van der Waals surface area contributed by atoms with Gasteiger partial charge in [-0.3, -0.25) is 9.59 Å². The lowest BCUT2D eigenvalue weighted by Gasteiger charge is -2.48. The Morgan fingerprint density at radius 1 is 0.613 bits per heavy atom. The van der Waals surface area contributed by atoms with Crippen molar-refractivity contribution < 1.29 is 28.4 Å². The monoisotopic (exact) mass is 834 g/mol. The van der Waals surface area contributed by atoms with E-state index in [0.717, 1.165) is 87.1 Å². The zero-order valence-electron chi connectivity index (χ0n) is 37.0. The highest BCUT2D eigenvalue weighted by Gasteiger charge is 2.56. The topological polar surface area (TPSA) is 96.0 Å². The minimum atomic E-state index is -0.0842. The average Bonchev–Trinajstić information content (AvgIpc) is 4.00. The van der Waals surface area contributed by atoms with Gasteiger partial charge < -0.3 is 9.47 Å². The maximum Gasteiger partial charge on any atom is 0.204 e. The maximum absolute atomic E-state index is 12.8. The molecule has 0 aliphatic heterocycles. The van der Waals surface area contributed by atoms with Crippen molar-refractivity contribution in [1.82, 2.24) is 19.8 Å². The molecule has 10 heteroatoms. The number of nitrogens with zero attached hydrogens (tertiary/aromatic N) is 6. The first-order valence-electron chi connectivity index (χ1n) is 23.5. The molecular formula is C52H62N6O4+2. The minimum absolute atomic E-state index is 0.0842. The first-order chi connectivity index (χ1) is 30.0. The minimum Gasteiger partial charge on any atom is -0.485 e. The third-order valence-corrected chi connectivity index (χ3v) is 17.2. The van der Waals surface area contributed by atoms with E-state index < -0.39 is 0 Å². The third-order valence-electron chi connectivity index (χ3n) is 17.2. The van der Waals surface area contributed by atoms with Gasteiger partial charge in [0.25, 0.3) is 0 Å². The van der Waals surface area contributed by atoms with Crippen molar-refractivity contribution in [2.45, 2.75) is 129 Å². The van der Waals surface area contributed by atoms with E-state index in [1.807, 2.05) is 32.8 Å². The summed E-state index contributed by atoms with van der Waals surface area (Å²) in [5.41, 5.74) is 10.0. The van der Waals surface area contributed by atoms with Crippen molar-refractivity contribution in [1.29, 1.82) is 0 Å². The van der Waals surface area contributed by atoms with Crippen molar-refractivity contribution in [3.05, 3.63) is 118 Å². The summed E-state index contributed by atoms with van der Waals surface area (Å²) in [5, 5.41) is 9.57.